The van der Waals surface area contributed by atoms with E-state index < -0.39 is 0 Å². The van der Waals surface area contributed by atoms with E-state index in [1.54, 1.807) is 0 Å². The normalized spacial score (nSPS) is 24.4. The molecule has 3 N–H and O–H groups in total. The van der Waals surface area contributed by atoms with E-state index in [9.17, 15) is 0 Å². The fraction of sp³-hybridized carbons (Fsp3) is 0.533. The SMILES string of the molecule is CC1CCCCC1OCc1cccc(/C(N)=N/O)c1. The minimum atomic E-state index is 0.132. The molecule has 1 aromatic rings. The van der Waals surface area contributed by atoms with Gasteiger partial charge in [0.05, 0.1) is 12.7 Å². The van der Waals surface area contributed by atoms with E-state index in [0.717, 1.165) is 17.5 Å². The fourth-order valence-corrected chi connectivity index (χ4v) is 2.61. The molecular weight excluding hydrogens is 240 g/mol. The summed E-state index contributed by atoms with van der Waals surface area (Å²) in [5, 5.41) is 11.7. The predicted molar refractivity (Wildman–Crippen MR) is 75.2 cm³/mol. The number of nitrogens with zero attached hydrogens (tertiary/aromatic N) is 1. The van der Waals surface area contributed by atoms with Crippen LogP contribution in [0.4, 0.5) is 0 Å². The summed E-state index contributed by atoms with van der Waals surface area (Å²) in [6, 6.07) is 7.63. The summed E-state index contributed by atoms with van der Waals surface area (Å²) < 4.78 is 6.01. The second-order valence-electron chi connectivity index (χ2n) is 5.30. The first-order valence-electron chi connectivity index (χ1n) is 6.89. The second kappa shape index (κ2) is 6.57. The summed E-state index contributed by atoms with van der Waals surface area (Å²) in [6.07, 6.45) is 5.36. The topological polar surface area (TPSA) is 67.8 Å². The van der Waals surface area contributed by atoms with Crippen molar-refractivity contribution in [2.45, 2.75) is 45.3 Å². The molecule has 0 saturated heterocycles. The summed E-state index contributed by atoms with van der Waals surface area (Å²) >= 11 is 0. The molecule has 2 rings (SSSR count). The van der Waals surface area contributed by atoms with Gasteiger partial charge in [-0.25, -0.2) is 0 Å². The lowest BCUT2D eigenvalue weighted by atomic mass is 9.88. The first kappa shape index (κ1) is 13.9. The van der Waals surface area contributed by atoms with E-state index >= 15 is 0 Å². The van der Waals surface area contributed by atoms with Gasteiger partial charge >= 0.3 is 0 Å². The van der Waals surface area contributed by atoms with Gasteiger partial charge in [-0.15, -0.1) is 0 Å². The summed E-state index contributed by atoms with van der Waals surface area (Å²) in [4.78, 5) is 0. The highest BCUT2D eigenvalue weighted by atomic mass is 16.5. The van der Waals surface area contributed by atoms with E-state index in [-0.39, 0.29) is 5.84 Å². The molecule has 0 amide bonds. The van der Waals surface area contributed by atoms with Crippen molar-refractivity contribution in [2.24, 2.45) is 16.8 Å². The van der Waals surface area contributed by atoms with Gasteiger partial charge in [-0.3, -0.25) is 0 Å². The Morgan fingerprint density at radius 3 is 2.95 bits per heavy atom. The van der Waals surface area contributed by atoms with Crippen LogP contribution in [0.2, 0.25) is 0 Å². The van der Waals surface area contributed by atoms with Crippen LogP contribution in [0.25, 0.3) is 0 Å². The Bertz CT molecular complexity index is 446. The van der Waals surface area contributed by atoms with E-state index in [1.807, 2.05) is 24.3 Å². The highest BCUT2D eigenvalue weighted by Crippen LogP contribution is 2.27. The summed E-state index contributed by atoms with van der Waals surface area (Å²) in [6.45, 7) is 2.85. The molecule has 1 aliphatic carbocycles. The molecule has 0 heterocycles. The molecule has 2 unspecified atom stereocenters. The van der Waals surface area contributed by atoms with Gasteiger partial charge in [-0.1, -0.05) is 43.1 Å². The van der Waals surface area contributed by atoms with Crippen LogP contribution < -0.4 is 5.73 Å². The molecule has 0 aromatic heterocycles. The van der Waals surface area contributed by atoms with Crippen LogP contribution in [-0.2, 0) is 11.3 Å². The molecule has 2 atom stereocenters. The molecule has 1 aromatic carbocycles. The molecule has 1 saturated carbocycles. The third-order valence-corrected chi connectivity index (χ3v) is 3.83. The Morgan fingerprint density at radius 1 is 1.42 bits per heavy atom. The number of benzene rings is 1. The highest BCUT2D eigenvalue weighted by Gasteiger charge is 2.21. The van der Waals surface area contributed by atoms with Gasteiger partial charge < -0.3 is 15.7 Å². The first-order chi connectivity index (χ1) is 9.20. The van der Waals surface area contributed by atoms with Crippen LogP contribution in [0.15, 0.2) is 29.4 Å². The van der Waals surface area contributed by atoms with Crippen molar-refractivity contribution in [2.75, 3.05) is 0 Å². The van der Waals surface area contributed by atoms with Gasteiger partial charge in [-0.2, -0.15) is 0 Å². The van der Waals surface area contributed by atoms with Crippen molar-refractivity contribution in [1.29, 1.82) is 0 Å². The average Bonchev–Trinajstić information content (AvgIpc) is 2.46. The third kappa shape index (κ3) is 3.70. The molecule has 104 valence electrons. The van der Waals surface area contributed by atoms with Gasteiger partial charge in [0.15, 0.2) is 5.84 Å². The van der Waals surface area contributed by atoms with Crippen LogP contribution in [0.5, 0.6) is 0 Å². The Labute approximate surface area is 114 Å². The zero-order chi connectivity index (χ0) is 13.7. The van der Waals surface area contributed by atoms with Gasteiger partial charge in [0.1, 0.15) is 0 Å². The zero-order valence-electron chi connectivity index (χ0n) is 11.4. The zero-order valence-corrected chi connectivity index (χ0v) is 11.4. The van der Waals surface area contributed by atoms with Crippen LogP contribution >= 0.6 is 0 Å². The monoisotopic (exact) mass is 262 g/mol. The maximum atomic E-state index is 8.68. The first-order valence-corrected chi connectivity index (χ1v) is 6.89. The molecule has 0 aliphatic heterocycles. The van der Waals surface area contributed by atoms with Crippen LogP contribution in [0.1, 0.15) is 43.7 Å². The summed E-state index contributed by atoms with van der Waals surface area (Å²) in [7, 11) is 0. The molecule has 4 heteroatoms. The highest BCUT2D eigenvalue weighted by molar-refractivity contribution is 5.97. The number of rotatable bonds is 4. The minimum absolute atomic E-state index is 0.132. The van der Waals surface area contributed by atoms with Gasteiger partial charge in [0, 0.05) is 5.56 Å². The summed E-state index contributed by atoms with van der Waals surface area (Å²) in [5.74, 6) is 0.772. The Balaban J connectivity index is 1.95. The minimum Gasteiger partial charge on any atom is -0.409 e. The Hall–Kier alpha value is -1.55. The van der Waals surface area contributed by atoms with Crippen molar-refractivity contribution >= 4 is 5.84 Å². The molecule has 0 spiro atoms. The molecule has 1 aliphatic rings. The van der Waals surface area contributed by atoms with Crippen molar-refractivity contribution in [1.82, 2.24) is 0 Å². The lowest BCUT2D eigenvalue weighted by molar-refractivity contribution is -0.0154. The third-order valence-electron chi connectivity index (χ3n) is 3.83. The van der Waals surface area contributed by atoms with Crippen LogP contribution in [0, 0.1) is 5.92 Å². The van der Waals surface area contributed by atoms with Crippen LogP contribution in [0.3, 0.4) is 0 Å². The average molecular weight is 262 g/mol. The van der Waals surface area contributed by atoms with Gasteiger partial charge in [0.2, 0.25) is 0 Å². The van der Waals surface area contributed by atoms with Gasteiger partial charge in [-0.05, 0) is 30.4 Å². The number of hydrogen-bond acceptors (Lipinski definition) is 3. The largest absolute Gasteiger partial charge is 0.409 e. The fourth-order valence-electron chi connectivity index (χ4n) is 2.61. The molecule has 19 heavy (non-hydrogen) atoms. The number of amidine groups is 1. The maximum absolute atomic E-state index is 8.68. The molecule has 1 fully saturated rings. The summed E-state index contributed by atoms with van der Waals surface area (Å²) in [5.41, 5.74) is 7.36. The van der Waals surface area contributed by atoms with E-state index in [0.29, 0.717) is 18.6 Å². The lowest BCUT2D eigenvalue weighted by Crippen LogP contribution is -2.25. The second-order valence-corrected chi connectivity index (χ2v) is 5.30. The molecular formula is C15H22N2O2. The van der Waals surface area contributed by atoms with Crippen molar-refractivity contribution in [3.8, 4) is 0 Å². The van der Waals surface area contributed by atoms with E-state index in [2.05, 4.69) is 12.1 Å². The van der Waals surface area contributed by atoms with Crippen molar-refractivity contribution < 1.29 is 9.94 Å². The van der Waals surface area contributed by atoms with Gasteiger partial charge in [0.25, 0.3) is 0 Å². The lowest BCUT2D eigenvalue weighted by Gasteiger charge is -2.28. The standard InChI is InChI=1S/C15H22N2O2/c1-11-5-2-3-8-14(11)19-10-12-6-4-7-13(9-12)15(16)17-18/h4,6-7,9,11,14,18H,2-3,5,8,10H2,1H3,(H2,16,17). The van der Waals surface area contributed by atoms with E-state index in [1.165, 1.54) is 19.3 Å². The Kier molecular flexibility index (Phi) is 4.80. The quantitative estimate of drug-likeness (QED) is 0.379. The van der Waals surface area contributed by atoms with Crippen LogP contribution in [-0.4, -0.2) is 17.1 Å². The number of oxime groups is 1. The van der Waals surface area contributed by atoms with E-state index in [4.69, 9.17) is 15.7 Å². The van der Waals surface area contributed by atoms with Crippen molar-refractivity contribution in [3.63, 3.8) is 0 Å². The smallest absolute Gasteiger partial charge is 0.170 e. The number of ether oxygens (including phenoxy) is 1. The Morgan fingerprint density at radius 2 is 2.21 bits per heavy atom. The molecule has 0 radical (unpaired) electrons. The maximum Gasteiger partial charge on any atom is 0.170 e. The van der Waals surface area contributed by atoms with Crippen molar-refractivity contribution in [3.05, 3.63) is 35.4 Å². The molecule has 0 bridgehead atoms. The number of nitrogens with two attached hydrogens (primary N) is 1. The number of hydrogen-bond donors (Lipinski definition) is 2. The predicted octanol–water partition coefficient (Wildman–Crippen LogP) is 2.88. The molecule has 4 nitrogen and oxygen atoms in total.